The van der Waals surface area contributed by atoms with Gasteiger partial charge in [-0.05, 0) is 23.9 Å². The van der Waals surface area contributed by atoms with Gasteiger partial charge in [-0.3, -0.25) is 4.79 Å². The molecule has 0 aliphatic carbocycles. The standard InChI is InChI=1S/C12H12FNOS.Ar/c1-8(12(15)14-13)6-10-7-9-4-2-3-5-11(9)16-10;/h2-5,7-8H,6H2,1H3,(H,14,15);/t8-;/m0./s1. The molecule has 1 aromatic heterocycles. The average molecular weight is 277 g/mol. The Kier molecular flexibility index (Phi) is 5.86. The monoisotopic (exact) mass is 277 g/mol. The van der Waals surface area contributed by atoms with Gasteiger partial charge in [0.25, 0.3) is 5.91 Å². The maximum Gasteiger partial charge on any atom is 0.250 e. The Balaban J connectivity index is 0.00000144. The molecule has 1 atom stereocenters. The summed E-state index contributed by atoms with van der Waals surface area (Å²) in [7, 11) is 0. The van der Waals surface area contributed by atoms with Crippen molar-refractivity contribution in [3.63, 3.8) is 0 Å². The zero-order valence-electron chi connectivity index (χ0n) is 9.22. The second kappa shape index (κ2) is 6.69. The van der Waals surface area contributed by atoms with Crippen molar-refractivity contribution in [3.8, 4) is 0 Å². The van der Waals surface area contributed by atoms with E-state index in [4.69, 9.17) is 0 Å². The van der Waals surface area contributed by atoms with Crippen LogP contribution in [0, 0.1) is 43.7 Å². The van der Waals surface area contributed by atoms with Crippen LogP contribution in [0.15, 0.2) is 30.3 Å². The van der Waals surface area contributed by atoms with Crippen LogP contribution >= 0.6 is 11.3 Å². The number of halogens is 1. The Morgan fingerprint density at radius 2 is 2.18 bits per heavy atom. The van der Waals surface area contributed by atoms with E-state index in [1.807, 2.05) is 24.3 Å². The van der Waals surface area contributed by atoms with Crippen molar-refractivity contribution < 1.29 is 47.0 Å². The Labute approximate surface area is 133 Å². The number of thiophene rings is 1. The van der Waals surface area contributed by atoms with Gasteiger partial charge in [0.15, 0.2) is 0 Å². The average Bonchev–Trinajstić information content (AvgIpc) is 2.69. The van der Waals surface area contributed by atoms with E-state index in [9.17, 15) is 9.28 Å². The van der Waals surface area contributed by atoms with Crippen LogP contribution in [0.5, 0.6) is 0 Å². The van der Waals surface area contributed by atoms with E-state index in [0.29, 0.717) is 6.42 Å². The van der Waals surface area contributed by atoms with Crippen molar-refractivity contribution in [3.05, 3.63) is 35.2 Å². The van der Waals surface area contributed by atoms with E-state index >= 15 is 0 Å². The van der Waals surface area contributed by atoms with Crippen LogP contribution in [0.2, 0.25) is 0 Å². The van der Waals surface area contributed by atoms with Gasteiger partial charge in [0.05, 0.1) is 0 Å². The third kappa shape index (κ3) is 3.65. The van der Waals surface area contributed by atoms with Crippen LogP contribution in [0.1, 0.15) is 11.8 Å². The van der Waals surface area contributed by atoms with E-state index in [-0.39, 0.29) is 43.7 Å². The predicted octanol–water partition coefficient (Wildman–Crippen LogP) is 3.08. The summed E-state index contributed by atoms with van der Waals surface area (Å²) in [5, 5.41) is 1.18. The molecule has 5 heteroatoms. The minimum absolute atomic E-state index is 0. The number of hydrogen-bond donors (Lipinski definition) is 1. The fourth-order valence-corrected chi connectivity index (χ4v) is 2.82. The summed E-state index contributed by atoms with van der Waals surface area (Å²) < 4.78 is 13.1. The van der Waals surface area contributed by atoms with Crippen LogP contribution in [-0.2, 0) is 11.2 Å². The Morgan fingerprint density at radius 3 is 2.82 bits per heavy atom. The minimum Gasteiger partial charge on any atom is -0.272 e. The van der Waals surface area contributed by atoms with Crippen LogP contribution < -0.4 is 5.54 Å². The van der Waals surface area contributed by atoms with Crippen LogP contribution in [-0.4, -0.2) is 5.91 Å². The molecule has 1 N–H and O–H groups in total. The molecule has 0 fully saturated rings. The number of rotatable bonds is 3. The SMILES string of the molecule is C[C@@H](Cc1cc2ccccc2s1)C(=O)NF.[Ar]. The number of amides is 1. The molecule has 0 saturated carbocycles. The second-order valence-electron chi connectivity index (χ2n) is 3.81. The maximum atomic E-state index is 11.9. The summed E-state index contributed by atoms with van der Waals surface area (Å²) in [4.78, 5) is 12.2. The molecule has 17 heavy (non-hydrogen) atoms. The topological polar surface area (TPSA) is 29.1 Å². The molecule has 0 unspecified atom stereocenters. The van der Waals surface area contributed by atoms with Gasteiger partial charge in [-0.15, -0.1) is 15.8 Å². The summed E-state index contributed by atoms with van der Waals surface area (Å²) in [5.74, 6) is -0.893. The molecule has 1 heterocycles. The van der Waals surface area contributed by atoms with Crippen molar-refractivity contribution in [1.82, 2.24) is 5.54 Å². The quantitative estimate of drug-likeness (QED) is 0.858. The zero-order chi connectivity index (χ0) is 11.5. The van der Waals surface area contributed by atoms with Gasteiger partial charge in [-0.2, -0.15) is 5.54 Å². The summed E-state index contributed by atoms with van der Waals surface area (Å²) in [6, 6.07) is 10.1. The smallest absolute Gasteiger partial charge is 0.250 e. The normalized spacial score (nSPS) is 11.9. The predicted molar refractivity (Wildman–Crippen MR) is 63.9 cm³/mol. The fraction of sp³-hybridized carbons (Fsp3) is 0.250. The molecular weight excluding hydrogens is 265 g/mol. The first kappa shape index (κ1) is 14.9. The molecule has 0 spiro atoms. The third-order valence-corrected chi connectivity index (χ3v) is 3.66. The molecule has 0 radical (unpaired) electrons. The third-order valence-electron chi connectivity index (χ3n) is 2.52. The number of carbonyl (C=O) groups is 1. The summed E-state index contributed by atoms with van der Waals surface area (Å²) in [6.45, 7) is 1.72. The zero-order valence-corrected chi connectivity index (χ0v) is 10.7. The fourth-order valence-electron chi connectivity index (χ4n) is 1.63. The Hall–Kier alpha value is -0.160. The molecule has 2 rings (SSSR count). The van der Waals surface area contributed by atoms with E-state index in [1.54, 1.807) is 18.3 Å². The van der Waals surface area contributed by atoms with Gasteiger partial charge < -0.3 is 0 Å². The molecule has 0 bridgehead atoms. The number of fused-ring (bicyclic) bond motifs is 1. The summed E-state index contributed by atoms with van der Waals surface area (Å²) >= 11 is 1.65. The summed E-state index contributed by atoms with van der Waals surface area (Å²) in [5.41, 5.74) is 1.18. The largest absolute Gasteiger partial charge is 0.272 e. The first-order chi connectivity index (χ1) is 7.70. The van der Waals surface area contributed by atoms with E-state index < -0.39 is 5.91 Å². The van der Waals surface area contributed by atoms with E-state index in [1.165, 1.54) is 15.6 Å². The summed E-state index contributed by atoms with van der Waals surface area (Å²) in [6.07, 6.45) is 0.578. The number of benzene rings is 1. The van der Waals surface area contributed by atoms with Gasteiger partial charge in [-0.25, -0.2) is 0 Å². The van der Waals surface area contributed by atoms with Crippen LogP contribution in [0.25, 0.3) is 10.1 Å². The van der Waals surface area contributed by atoms with E-state index in [0.717, 1.165) is 4.88 Å². The van der Waals surface area contributed by atoms with Crippen molar-refractivity contribution in [2.75, 3.05) is 0 Å². The first-order valence-electron chi connectivity index (χ1n) is 5.08. The Bertz CT molecular complexity index is 481. The molecular formula is C12H12ArFNOS. The van der Waals surface area contributed by atoms with Gasteiger partial charge in [0.2, 0.25) is 0 Å². The number of hydrogen-bond acceptors (Lipinski definition) is 2. The van der Waals surface area contributed by atoms with Crippen LogP contribution in [0.3, 0.4) is 0 Å². The molecule has 1 amide bonds. The van der Waals surface area contributed by atoms with Crippen molar-refractivity contribution in [1.29, 1.82) is 0 Å². The van der Waals surface area contributed by atoms with Gasteiger partial charge >= 0.3 is 0 Å². The van der Waals surface area contributed by atoms with Gasteiger partial charge in [-0.1, -0.05) is 25.1 Å². The van der Waals surface area contributed by atoms with Crippen molar-refractivity contribution >= 4 is 27.3 Å². The molecule has 1 aromatic carbocycles. The molecule has 0 aliphatic heterocycles. The number of nitrogens with one attached hydrogen (secondary N) is 1. The van der Waals surface area contributed by atoms with Gasteiger partial charge in [0, 0.05) is 53.2 Å². The minimum atomic E-state index is -0.558. The van der Waals surface area contributed by atoms with E-state index in [2.05, 4.69) is 6.07 Å². The molecule has 0 aliphatic rings. The van der Waals surface area contributed by atoms with Crippen molar-refractivity contribution in [2.45, 2.75) is 13.3 Å². The van der Waals surface area contributed by atoms with Crippen molar-refractivity contribution in [2.24, 2.45) is 5.92 Å². The molecule has 2 nitrogen and oxygen atoms in total. The van der Waals surface area contributed by atoms with Gasteiger partial charge in [0.1, 0.15) is 0 Å². The molecule has 92 valence electrons. The second-order valence-corrected chi connectivity index (χ2v) is 4.98. The maximum absolute atomic E-state index is 11.9. The number of carbonyl (C=O) groups excluding carboxylic acids is 1. The molecule has 2 aromatic rings. The molecule has 0 saturated heterocycles. The van der Waals surface area contributed by atoms with Crippen LogP contribution in [0.4, 0.5) is 4.48 Å². The first-order valence-corrected chi connectivity index (χ1v) is 5.90. The Morgan fingerprint density at radius 1 is 1.47 bits per heavy atom.